The lowest BCUT2D eigenvalue weighted by molar-refractivity contribution is -0.150. The maximum Gasteiger partial charge on any atom is 0.334 e. The van der Waals surface area contributed by atoms with Gasteiger partial charge in [-0.25, -0.2) is 4.79 Å². The molecule has 0 saturated heterocycles. The third-order valence-electron chi connectivity index (χ3n) is 5.96. The summed E-state index contributed by atoms with van der Waals surface area (Å²) in [4.78, 5) is 11.1. The highest BCUT2D eigenvalue weighted by Gasteiger charge is 2.13. The van der Waals surface area contributed by atoms with Crippen LogP contribution < -0.4 is 0 Å². The van der Waals surface area contributed by atoms with Crippen molar-refractivity contribution in [3.05, 3.63) is 12.2 Å². The fraction of sp³-hybridized carbons (Fsp3) is 0.889. The molecule has 1 N–H and O–H groups in total. The molecule has 0 amide bonds. The maximum atomic E-state index is 11.1. The molecule has 3 heteroatoms. The zero-order valence-corrected chi connectivity index (χ0v) is 20.3. The minimum Gasteiger partial charge on any atom is -0.467 e. The number of carbonyl (C=O) groups is 1. The molecule has 0 heterocycles. The molecule has 0 saturated carbocycles. The number of hydrogen-bond donors (Lipinski definition) is 1. The monoisotopic (exact) mass is 424 g/mol. The molecule has 30 heavy (non-hydrogen) atoms. The number of aliphatic hydroxyl groups is 1. The Kier molecular flexibility index (Phi) is 23.8. The van der Waals surface area contributed by atoms with Gasteiger partial charge in [0, 0.05) is 0 Å². The molecule has 178 valence electrons. The van der Waals surface area contributed by atoms with Crippen LogP contribution in [-0.2, 0) is 9.53 Å². The van der Waals surface area contributed by atoms with E-state index in [0.717, 1.165) is 12.8 Å². The van der Waals surface area contributed by atoms with Crippen molar-refractivity contribution in [2.75, 3.05) is 7.11 Å². The zero-order chi connectivity index (χ0) is 22.1. The van der Waals surface area contributed by atoms with Crippen LogP contribution in [0.2, 0.25) is 0 Å². The topological polar surface area (TPSA) is 46.5 Å². The predicted octanol–water partition coefficient (Wildman–Crippen LogP) is 8.29. The Bertz CT molecular complexity index is 378. The second-order valence-electron chi connectivity index (χ2n) is 8.89. The summed E-state index contributed by atoms with van der Waals surface area (Å²) in [5.74, 6) is -0.504. The molecular weight excluding hydrogens is 372 g/mol. The maximum absolute atomic E-state index is 11.1. The Hall–Kier alpha value is -0.830. The minimum absolute atomic E-state index is 0.504. The lowest BCUT2D eigenvalue weighted by Gasteiger charge is -2.07. The first kappa shape index (κ1) is 29.2. The van der Waals surface area contributed by atoms with Crippen molar-refractivity contribution in [1.29, 1.82) is 0 Å². The van der Waals surface area contributed by atoms with Gasteiger partial charge in [0.15, 0.2) is 6.10 Å². The minimum atomic E-state index is -0.933. The third kappa shape index (κ3) is 21.9. The standard InChI is InChI=1S/C27H52O3/c1-3-4-5-6-7-8-9-10-11-12-13-14-15-16-17-18-19-20-21-22-23-24-25-26(28)27(29)30-2/h8-9,26,28H,3-7,10-25H2,1-2H3/b9-8-/t26-/m1/s1. The van der Waals surface area contributed by atoms with E-state index in [9.17, 15) is 9.90 Å². The van der Waals surface area contributed by atoms with Gasteiger partial charge >= 0.3 is 5.97 Å². The molecule has 0 aromatic heterocycles. The molecule has 0 aromatic carbocycles. The van der Waals surface area contributed by atoms with E-state index in [1.54, 1.807) is 0 Å². The number of methoxy groups -OCH3 is 1. The van der Waals surface area contributed by atoms with Crippen LogP contribution in [0.25, 0.3) is 0 Å². The number of hydrogen-bond acceptors (Lipinski definition) is 3. The average Bonchev–Trinajstić information content (AvgIpc) is 2.76. The number of esters is 1. The van der Waals surface area contributed by atoms with Gasteiger partial charge in [0.25, 0.3) is 0 Å². The summed E-state index contributed by atoms with van der Waals surface area (Å²) in [6.45, 7) is 2.27. The van der Waals surface area contributed by atoms with E-state index in [1.165, 1.54) is 123 Å². The molecule has 0 aliphatic carbocycles. The van der Waals surface area contributed by atoms with Gasteiger partial charge in [-0.1, -0.05) is 122 Å². The zero-order valence-electron chi connectivity index (χ0n) is 20.3. The number of carbonyl (C=O) groups excluding carboxylic acids is 1. The lowest BCUT2D eigenvalue weighted by atomic mass is 10.0. The predicted molar refractivity (Wildman–Crippen MR) is 130 cm³/mol. The first-order valence-electron chi connectivity index (χ1n) is 13.1. The van der Waals surface area contributed by atoms with Crippen LogP contribution in [0.15, 0.2) is 12.2 Å². The van der Waals surface area contributed by atoms with Crippen LogP contribution >= 0.6 is 0 Å². The van der Waals surface area contributed by atoms with Crippen molar-refractivity contribution in [2.24, 2.45) is 0 Å². The highest BCUT2D eigenvalue weighted by Crippen LogP contribution is 2.14. The number of ether oxygens (including phenoxy) is 1. The van der Waals surface area contributed by atoms with Crippen LogP contribution in [0, 0.1) is 0 Å². The van der Waals surface area contributed by atoms with Crippen LogP contribution in [0.4, 0.5) is 0 Å². The van der Waals surface area contributed by atoms with Crippen LogP contribution in [0.3, 0.4) is 0 Å². The van der Waals surface area contributed by atoms with E-state index in [1.807, 2.05) is 0 Å². The Morgan fingerprint density at radius 2 is 1.03 bits per heavy atom. The van der Waals surface area contributed by atoms with Gasteiger partial charge in [0.2, 0.25) is 0 Å². The van der Waals surface area contributed by atoms with Gasteiger partial charge in [-0.2, -0.15) is 0 Å². The quantitative estimate of drug-likeness (QED) is 0.102. The van der Waals surface area contributed by atoms with E-state index in [-0.39, 0.29) is 0 Å². The van der Waals surface area contributed by atoms with Crippen molar-refractivity contribution in [3.63, 3.8) is 0 Å². The number of allylic oxidation sites excluding steroid dienone is 2. The smallest absolute Gasteiger partial charge is 0.334 e. The Labute approximate surface area is 188 Å². The molecule has 0 unspecified atom stereocenters. The summed E-state index contributed by atoms with van der Waals surface area (Å²) < 4.78 is 4.52. The van der Waals surface area contributed by atoms with E-state index in [4.69, 9.17) is 0 Å². The van der Waals surface area contributed by atoms with Gasteiger partial charge in [-0.05, 0) is 32.1 Å². The average molecular weight is 425 g/mol. The Balaban J connectivity index is 3.13. The van der Waals surface area contributed by atoms with Gasteiger partial charge in [-0.3, -0.25) is 0 Å². The lowest BCUT2D eigenvalue weighted by Crippen LogP contribution is -2.21. The van der Waals surface area contributed by atoms with Crippen molar-refractivity contribution < 1.29 is 14.6 Å². The molecule has 0 spiro atoms. The third-order valence-corrected chi connectivity index (χ3v) is 5.96. The Morgan fingerprint density at radius 1 is 0.667 bits per heavy atom. The van der Waals surface area contributed by atoms with Crippen molar-refractivity contribution >= 4 is 5.97 Å². The van der Waals surface area contributed by atoms with E-state index < -0.39 is 12.1 Å². The van der Waals surface area contributed by atoms with Crippen molar-refractivity contribution in [1.82, 2.24) is 0 Å². The second-order valence-corrected chi connectivity index (χ2v) is 8.89. The molecule has 0 rings (SSSR count). The summed E-state index contributed by atoms with van der Waals surface area (Å²) >= 11 is 0. The normalized spacial score (nSPS) is 12.5. The summed E-state index contributed by atoms with van der Waals surface area (Å²) in [5.41, 5.74) is 0. The van der Waals surface area contributed by atoms with Crippen molar-refractivity contribution in [3.8, 4) is 0 Å². The molecule has 0 aliphatic heterocycles. The number of rotatable bonds is 23. The highest BCUT2D eigenvalue weighted by molar-refractivity contribution is 5.74. The summed E-state index contributed by atoms with van der Waals surface area (Å²) in [6.07, 6.45) is 30.8. The SMILES string of the molecule is CCCCCC/C=C\CCCCCCCCCCCCCCCC[C@@H](O)C(=O)OC. The second kappa shape index (κ2) is 24.4. The van der Waals surface area contributed by atoms with E-state index in [2.05, 4.69) is 23.8 Å². The highest BCUT2D eigenvalue weighted by atomic mass is 16.5. The molecule has 1 atom stereocenters. The largest absolute Gasteiger partial charge is 0.467 e. The molecule has 0 bridgehead atoms. The first-order chi connectivity index (χ1) is 14.7. The van der Waals surface area contributed by atoms with Crippen molar-refractivity contribution in [2.45, 2.75) is 148 Å². The van der Waals surface area contributed by atoms with Gasteiger partial charge in [0.1, 0.15) is 0 Å². The van der Waals surface area contributed by atoms with Gasteiger partial charge < -0.3 is 9.84 Å². The van der Waals surface area contributed by atoms with E-state index >= 15 is 0 Å². The number of aliphatic hydroxyl groups excluding tert-OH is 1. The van der Waals surface area contributed by atoms with Crippen LogP contribution in [-0.4, -0.2) is 24.3 Å². The van der Waals surface area contributed by atoms with Gasteiger partial charge in [0.05, 0.1) is 7.11 Å². The summed E-state index contributed by atoms with van der Waals surface area (Å²) in [6, 6.07) is 0. The summed E-state index contributed by atoms with van der Waals surface area (Å²) in [7, 11) is 1.32. The number of unbranched alkanes of at least 4 members (excludes halogenated alkanes) is 18. The van der Waals surface area contributed by atoms with E-state index in [0.29, 0.717) is 6.42 Å². The molecular formula is C27H52O3. The molecule has 0 aliphatic rings. The van der Waals surface area contributed by atoms with Crippen LogP contribution in [0.5, 0.6) is 0 Å². The Morgan fingerprint density at radius 3 is 1.43 bits per heavy atom. The fourth-order valence-electron chi connectivity index (χ4n) is 3.90. The molecule has 0 radical (unpaired) electrons. The molecule has 3 nitrogen and oxygen atoms in total. The van der Waals surface area contributed by atoms with Crippen LogP contribution in [0.1, 0.15) is 142 Å². The molecule has 0 fully saturated rings. The summed E-state index contributed by atoms with van der Waals surface area (Å²) in [5, 5.41) is 9.51. The fourth-order valence-corrected chi connectivity index (χ4v) is 3.90. The molecule has 0 aromatic rings. The first-order valence-corrected chi connectivity index (χ1v) is 13.1. The van der Waals surface area contributed by atoms with Gasteiger partial charge in [-0.15, -0.1) is 0 Å².